The quantitative estimate of drug-likeness (QED) is 0.384. The smallest absolute Gasteiger partial charge is 0.337 e. The molecule has 3 aromatic rings. The topological polar surface area (TPSA) is 109 Å². The van der Waals surface area contributed by atoms with Crippen molar-refractivity contribution in [2.45, 2.75) is 46.5 Å². The van der Waals surface area contributed by atoms with Crippen LogP contribution in [0.15, 0.2) is 47.3 Å². The van der Waals surface area contributed by atoms with Gasteiger partial charge in [-0.1, -0.05) is 38.1 Å². The Morgan fingerprint density at radius 2 is 1.76 bits per heavy atom. The van der Waals surface area contributed by atoms with Gasteiger partial charge in [0.1, 0.15) is 5.82 Å². The van der Waals surface area contributed by atoms with Gasteiger partial charge in [0, 0.05) is 37.4 Å². The number of ether oxygens (including phenoxy) is 1. The standard InChI is InChI=1S/C29H33N3O5/c1-18-7-5-10-22-25(18)30-23(31-27(22)35)16-29(2,3)17-24(33)32-13-11-19(12-14-32)26(34)20-8-6-9-21(15-20)28(36)37-4/h5-10,15,19H,11-14,16-17H2,1-4H3,(H,30,31,35). The molecule has 0 atom stereocenters. The summed E-state index contributed by atoms with van der Waals surface area (Å²) in [6.07, 6.45) is 1.92. The zero-order chi connectivity index (χ0) is 26.7. The number of para-hydroxylation sites is 1. The Bertz CT molecular complexity index is 1400. The number of aryl methyl sites for hydroxylation is 1. The van der Waals surface area contributed by atoms with Crippen LogP contribution in [0.1, 0.15) is 65.2 Å². The summed E-state index contributed by atoms with van der Waals surface area (Å²) in [7, 11) is 1.31. The third-order valence-corrected chi connectivity index (χ3v) is 7.05. The number of aromatic amines is 1. The zero-order valence-corrected chi connectivity index (χ0v) is 21.8. The first-order valence-electron chi connectivity index (χ1n) is 12.6. The second-order valence-corrected chi connectivity index (χ2v) is 10.6. The maximum absolute atomic E-state index is 13.1. The molecule has 8 nitrogen and oxygen atoms in total. The molecular weight excluding hydrogens is 470 g/mol. The molecule has 2 heterocycles. The maximum Gasteiger partial charge on any atom is 0.337 e. The second kappa shape index (κ2) is 10.7. The number of ketones is 1. The molecule has 1 aliphatic heterocycles. The van der Waals surface area contributed by atoms with Crippen molar-refractivity contribution < 1.29 is 19.1 Å². The van der Waals surface area contributed by atoms with Crippen LogP contribution in [0.3, 0.4) is 0 Å². The first-order valence-corrected chi connectivity index (χ1v) is 12.6. The fourth-order valence-electron chi connectivity index (χ4n) is 5.02. The van der Waals surface area contributed by atoms with Gasteiger partial charge in [0.15, 0.2) is 5.78 Å². The number of carbonyl (C=O) groups is 3. The highest BCUT2D eigenvalue weighted by atomic mass is 16.5. The van der Waals surface area contributed by atoms with Crippen molar-refractivity contribution in [1.82, 2.24) is 14.9 Å². The van der Waals surface area contributed by atoms with Crippen LogP contribution in [0.4, 0.5) is 0 Å². The minimum absolute atomic E-state index is 0.0141. The molecule has 1 aliphatic rings. The van der Waals surface area contributed by atoms with E-state index in [1.54, 1.807) is 30.3 Å². The van der Waals surface area contributed by atoms with Gasteiger partial charge in [-0.3, -0.25) is 14.4 Å². The third-order valence-electron chi connectivity index (χ3n) is 7.05. The SMILES string of the molecule is COC(=O)c1cccc(C(=O)C2CCN(C(=O)CC(C)(C)Cc3nc4c(C)cccc4c(=O)[nH]3)CC2)c1. The Morgan fingerprint density at radius 3 is 2.46 bits per heavy atom. The van der Waals surface area contributed by atoms with Gasteiger partial charge in [-0.2, -0.15) is 0 Å². The van der Waals surface area contributed by atoms with Crippen LogP contribution in [0.2, 0.25) is 0 Å². The summed E-state index contributed by atoms with van der Waals surface area (Å²) in [4.78, 5) is 59.9. The number of nitrogens with zero attached hydrogens (tertiary/aromatic N) is 2. The summed E-state index contributed by atoms with van der Waals surface area (Å²) < 4.78 is 4.75. The van der Waals surface area contributed by atoms with E-state index in [-0.39, 0.29) is 23.2 Å². The number of rotatable bonds is 7. The summed E-state index contributed by atoms with van der Waals surface area (Å²) in [6.45, 7) is 6.94. The lowest BCUT2D eigenvalue weighted by Gasteiger charge is -2.34. The van der Waals surface area contributed by atoms with Crippen LogP contribution < -0.4 is 5.56 Å². The summed E-state index contributed by atoms with van der Waals surface area (Å²) in [5.41, 5.74) is 1.88. The van der Waals surface area contributed by atoms with Crippen LogP contribution in [0.25, 0.3) is 10.9 Å². The number of aromatic nitrogens is 2. The molecule has 0 bridgehead atoms. The Morgan fingerprint density at radius 1 is 1.08 bits per heavy atom. The highest BCUT2D eigenvalue weighted by Gasteiger charge is 2.31. The van der Waals surface area contributed by atoms with Crippen LogP contribution in [-0.2, 0) is 16.0 Å². The molecule has 1 aromatic heterocycles. The first kappa shape index (κ1) is 26.3. The lowest BCUT2D eigenvalue weighted by atomic mass is 9.83. The minimum Gasteiger partial charge on any atom is -0.465 e. The number of amides is 1. The van der Waals surface area contributed by atoms with Gasteiger partial charge in [-0.25, -0.2) is 9.78 Å². The number of piperidine rings is 1. The summed E-state index contributed by atoms with van der Waals surface area (Å²) in [5.74, 6) is -0.0818. The van der Waals surface area contributed by atoms with Crippen molar-refractivity contribution in [2.24, 2.45) is 11.3 Å². The fourth-order valence-corrected chi connectivity index (χ4v) is 5.02. The first-order chi connectivity index (χ1) is 17.6. The predicted octanol–water partition coefficient (Wildman–Crippen LogP) is 4.10. The van der Waals surface area contributed by atoms with Crippen molar-refractivity contribution in [3.05, 3.63) is 75.3 Å². The molecule has 0 saturated carbocycles. The average molecular weight is 504 g/mol. The molecule has 1 saturated heterocycles. The van der Waals surface area contributed by atoms with Gasteiger partial charge < -0.3 is 14.6 Å². The highest BCUT2D eigenvalue weighted by Crippen LogP contribution is 2.29. The maximum atomic E-state index is 13.1. The number of likely N-dealkylation sites (tertiary alicyclic amines) is 1. The van der Waals surface area contributed by atoms with Gasteiger partial charge in [0.05, 0.1) is 23.6 Å². The van der Waals surface area contributed by atoms with Gasteiger partial charge >= 0.3 is 5.97 Å². The number of carbonyl (C=O) groups excluding carboxylic acids is 3. The molecule has 1 amide bonds. The molecule has 194 valence electrons. The number of Topliss-reactive ketones (excluding diaryl/α,β-unsaturated/α-hetero) is 1. The molecule has 2 aromatic carbocycles. The van der Waals surface area contributed by atoms with E-state index in [0.29, 0.717) is 66.6 Å². The third kappa shape index (κ3) is 5.96. The van der Waals surface area contributed by atoms with Crippen molar-refractivity contribution in [2.75, 3.05) is 20.2 Å². The lowest BCUT2D eigenvalue weighted by Crippen LogP contribution is -2.42. The summed E-state index contributed by atoms with van der Waals surface area (Å²) in [6, 6.07) is 12.1. The molecule has 8 heteroatoms. The molecular formula is C29H33N3O5. The van der Waals surface area contributed by atoms with Gasteiger partial charge in [-0.05, 0) is 48.9 Å². The number of nitrogens with one attached hydrogen (secondary N) is 1. The largest absolute Gasteiger partial charge is 0.465 e. The lowest BCUT2D eigenvalue weighted by molar-refractivity contribution is -0.134. The summed E-state index contributed by atoms with van der Waals surface area (Å²) >= 11 is 0. The van der Waals surface area contributed by atoms with Crippen LogP contribution in [0.5, 0.6) is 0 Å². The van der Waals surface area contributed by atoms with E-state index in [1.165, 1.54) is 7.11 Å². The van der Waals surface area contributed by atoms with E-state index < -0.39 is 11.4 Å². The zero-order valence-electron chi connectivity index (χ0n) is 21.8. The minimum atomic E-state index is -0.476. The molecule has 4 rings (SSSR count). The van der Waals surface area contributed by atoms with Gasteiger partial charge in [0.2, 0.25) is 5.91 Å². The molecule has 1 N–H and O–H groups in total. The highest BCUT2D eigenvalue weighted by molar-refractivity contribution is 6.00. The van der Waals surface area contributed by atoms with E-state index in [1.807, 2.05) is 37.8 Å². The number of hydrogen-bond donors (Lipinski definition) is 1. The van der Waals surface area contributed by atoms with E-state index in [2.05, 4.69) is 9.97 Å². The van der Waals surface area contributed by atoms with Crippen LogP contribution in [0, 0.1) is 18.3 Å². The number of esters is 1. The molecule has 37 heavy (non-hydrogen) atoms. The number of fused-ring (bicyclic) bond motifs is 1. The Labute approximate surface area is 216 Å². The number of H-pyrrole nitrogens is 1. The molecule has 0 radical (unpaired) electrons. The average Bonchev–Trinajstić information content (AvgIpc) is 2.88. The number of hydrogen-bond acceptors (Lipinski definition) is 6. The van der Waals surface area contributed by atoms with Gasteiger partial charge in [0.25, 0.3) is 5.56 Å². The Balaban J connectivity index is 1.36. The van der Waals surface area contributed by atoms with Crippen molar-refractivity contribution >= 4 is 28.6 Å². The monoisotopic (exact) mass is 503 g/mol. The molecule has 0 spiro atoms. The van der Waals surface area contributed by atoms with Crippen molar-refractivity contribution in [3.63, 3.8) is 0 Å². The Kier molecular flexibility index (Phi) is 7.57. The van der Waals surface area contributed by atoms with Crippen molar-refractivity contribution in [3.8, 4) is 0 Å². The molecule has 1 fully saturated rings. The predicted molar refractivity (Wildman–Crippen MR) is 141 cm³/mol. The van der Waals surface area contributed by atoms with E-state index >= 15 is 0 Å². The van der Waals surface area contributed by atoms with Gasteiger partial charge in [-0.15, -0.1) is 0 Å². The van der Waals surface area contributed by atoms with Crippen LogP contribution in [-0.4, -0.2) is 52.7 Å². The molecule has 0 aliphatic carbocycles. The van der Waals surface area contributed by atoms with Crippen LogP contribution >= 0.6 is 0 Å². The molecule has 0 unspecified atom stereocenters. The fraction of sp³-hybridized carbons (Fsp3) is 0.414. The second-order valence-electron chi connectivity index (χ2n) is 10.6. The Hall–Kier alpha value is -3.81. The van der Waals surface area contributed by atoms with E-state index in [0.717, 1.165) is 5.56 Å². The summed E-state index contributed by atoms with van der Waals surface area (Å²) in [5, 5.41) is 0.562. The normalized spacial score (nSPS) is 14.5. The van der Waals surface area contributed by atoms with E-state index in [4.69, 9.17) is 4.74 Å². The number of methoxy groups -OCH3 is 1. The van der Waals surface area contributed by atoms with Crippen molar-refractivity contribution in [1.29, 1.82) is 0 Å². The number of benzene rings is 2. The van der Waals surface area contributed by atoms with E-state index in [9.17, 15) is 19.2 Å².